The number of rotatable bonds is 3. The Morgan fingerprint density at radius 3 is 2.78 bits per heavy atom. The lowest BCUT2D eigenvalue weighted by atomic mass is 10.3. The van der Waals surface area contributed by atoms with Crippen LogP contribution in [0, 0.1) is 5.41 Å². The molecule has 0 bridgehead atoms. The van der Waals surface area contributed by atoms with E-state index in [0.29, 0.717) is 6.42 Å². The third kappa shape index (κ3) is 7.78. The Morgan fingerprint density at radius 2 is 2.44 bits per heavy atom. The van der Waals surface area contributed by atoms with Crippen molar-refractivity contribution in [1.82, 2.24) is 0 Å². The highest BCUT2D eigenvalue weighted by molar-refractivity contribution is 8.13. The fraction of sp³-hybridized carbons (Fsp3) is 0.800. The molecule has 0 amide bonds. The Hall–Kier alpha value is -0.220. The van der Waals surface area contributed by atoms with Gasteiger partial charge in [0.05, 0.1) is 6.10 Å². The van der Waals surface area contributed by atoms with Crippen molar-refractivity contribution < 1.29 is 5.11 Å². The minimum absolute atomic E-state index is 0.121. The summed E-state index contributed by atoms with van der Waals surface area (Å²) in [6, 6.07) is 0. The highest BCUT2D eigenvalue weighted by Crippen LogP contribution is 2.02. The molecule has 0 saturated carbocycles. The van der Waals surface area contributed by atoms with Gasteiger partial charge in [-0.25, -0.2) is 0 Å². The maximum absolute atomic E-state index is 8.74. The number of hydrogen-bond acceptors (Lipinski definition) is 3. The number of nitrogens with two attached hydrogens (primary N) is 1. The maximum Gasteiger partial charge on any atom is 0.151 e. The Labute approximate surface area is 59.1 Å². The molecule has 0 aromatic carbocycles. The normalized spacial score (nSPS) is 13.1. The van der Waals surface area contributed by atoms with Crippen molar-refractivity contribution in [3.05, 3.63) is 0 Å². The first-order valence-corrected chi connectivity index (χ1v) is 3.76. The van der Waals surface area contributed by atoms with Crippen LogP contribution in [0.1, 0.15) is 13.3 Å². The summed E-state index contributed by atoms with van der Waals surface area (Å²) in [6.07, 6.45) is 0.418. The van der Waals surface area contributed by atoms with Crippen LogP contribution in [0.15, 0.2) is 0 Å². The second-order valence-electron chi connectivity index (χ2n) is 1.85. The monoisotopic (exact) mass is 148 g/mol. The molecule has 9 heavy (non-hydrogen) atoms. The molecule has 0 aliphatic carbocycles. The molecule has 0 aliphatic rings. The molecule has 0 saturated heterocycles. The van der Waals surface area contributed by atoms with Gasteiger partial charge in [-0.15, -0.1) is 0 Å². The Balaban J connectivity index is 3.01. The zero-order valence-corrected chi connectivity index (χ0v) is 6.24. The summed E-state index contributed by atoms with van der Waals surface area (Å²) in [5.74, 6) is 0.729. The van der Waals surface area contributed by atoms with Crippen LogP contribution in [-0.2, 0) is 0 Å². The van der Waals surface area contributed by atoms with E-state index in [9.17, 15) is 0 Å². The molecule has 0 spiro atoms. The predicted octanol–water partition coefficient (Wildman–Crippen LogP) is 0.384. The number of hydrogen-bond donors (Lipinski definition) is 3. The van der Waals surface area contributed by atoms with Crippen molar-refractivity contribution in [2.75, 3.05) is 5.75 Å². The maximum atomic E-state index is 8.74. The van der Waals surface area contributed by atoms with Crippen LogP contribution in [0.5, 0.6) is 0 Å². The standard InChI is InChI=1S/C5H12N2OS/c1-4(8)2-3-9-5(6)7/h4,8H,2-3H2,1H3,(H3,6,7). The van der Waals surface area contributed by atoms with Gasteiger partial charge in [-0.2, -0.15) is 0 Å². The molecule has 0 aliphatic heterocycles. The minimum Gasteiger partial charge on any atom is -0.393 e. The summed E-state index contributed by atoms with van der Waals surface area (Å²) in [7, 11) is 0. The molecule has 1 atom stereocenters. The van der Waals surface area contributed by atoms with Gasteiger partial charge in [-0.3, -0.25) is 5.41 Å². The summed E-state index contributed by atoms with van der Waals surface area (Å²) in [6.45, 7) is 1.72. The molecular formula is C5H12N2OS. The predicted molar refractivity (Wildman–Crippen MR) is 40.7 cm³/mol. The second kappa shape index (κ2) is 4.64. The molecule has 0 heterocycles. The molecule has 0 radical (unpaired) electrons. The molecule has 54 valence electrons. The van der Waals surface area contributed by atoms with Crippen molar-refractivity contribution in [3.63, 3.8) is 0 Å². The van der Waals surface area contributed by atoms with Gasteiger partial charge in [0.1, 0.15) is 0 Å². The first kappa shape index (κ1) is 8.78. The summed E-state index contributed by atoms with van der Waals surface area (Å²) in [5.41, 5.74) is 5.04. The van der Waals surface area contributed by atoms with Crippen molar-refractivity contribution in [2.45, 2.75) is 19.4 Å². The summed E-state index contributed by atoms with van der Waals surface area (Å²) >= 11 is 1.26. The van der Waals surface area contributed by atoms with Gasteiger partial charge >= 0.3 is 0 Å². The first-order valence-electron chi connectivity index (χ1n) is 2.78. The van der Waals surface area contributed by atoms with Crippen LogP contribution in [-0.4, -0.2) is 22.1 Å². The molecule has 1 unspecified atom stereocenters. The van der Waals surface area contributed by atoms with Crippen LogP contribution in [0.4, 0.5) is 0 Å². The smallest absolute Gasteiger partial charge is 0.151 e. The third-order valence-electron chi connectivity index (χ3n) is 0.793. The largest absolute Gasteiger partial charge is 0.393 e. The highest BCUT2D eigenvalue weighted by atomic mass is 32.2. The van der Waals surface area contributed by atoms with E-state index in [2.05, 4.69) is 0 Å². The average Bonchev–Trinajstić information content (AvgIpc) is 1.63. The SMILES string of the molecule is CC(O)CCSC(=N)N. The molecule has 4 N–H and O–H groups in total. The lowest BCUT2D eigenvalue weighted by Gasteiger charge is -2.00. The number of aliphatic hydroxyl groups is 1. The number of aliphatic hydroxyl groups excluding tert-OH is 1. The number of nitrogens with one attached hydrogen (secondary N) is 1. The van der Waals surface area contributed by atoms with Gasteiger partial charge < -0.3 is 10.8 Å². The van der Waals surface area contributed by atoms with Crippen molar-refractivity contribution in [2.24, 2.45) is 5.73 Å². The van der Waals surface area contributed by atoms with Gasteiger partial charge in [-0.1, -0.05) is 11.8 Å². The molecule has 0 fully saturated rings. The molecule has 0 aromatic rings. The lowest BCUT2D eigenvalue weighted by molar-refractivity contribution is 0.192. The molecule has 3 nitrogen and oxygen atoms in total. The van der Waals surface area contributed by atoms with Gasteiger partial charge in [0.15, 0.2) is 5.17 Å². The van der Waals surface area contributed by atoms with Crippen LogP contribution in [0.25, 0.3) is 0 Å². The summed E-state index contributed by atoms with van der Waals surface area (Å²) in [5, 5.41) is 15.7. The van der Waals surface area contributed by atoms with Crippen LogP contribution in [0.2, 0.25) is 0 Å². The Morgan fingerprint density at radius 1 is 1.89 bits per heavy atom. The first-order chi connectivity index (χ1) is 4.13. The number of thioether (sulfide) groups is 1. The summed E-state index contributed by atoms with van der Waals surface area (Å²) in [4.78, 5) is 0. The van der Waals surface area contributed by atoms with Crippen molar-refractivity contribution in [3.8, 4) is 0 Å². The topological polar surface area (TPSA) is 70.1 Å². The van der Waals surface area contributed by atoms with E-state index in [4.69, 9.17) is 16.2 Å². The zero-order valence-electron chi connectivity index (χ0n) is 5.42. The molecule has 4 heteroatoms. The Kier molecular flexibility index (Phi) is 4.53. The molecular weight excluding hydrogens is 136 g/mol. The van der Waals surface area contributed by atoms with E-state index in [1.165, 1.54) is 11.8 Å². The van der Waals surface area contributed by atoms with Gasteiger partial charge in [-0.05, 0) is 13.3 Å². The van der Waals surface area contributed by atoms with Gasteiger partial charge in [0.2, 0.25) is 0 Å². The van der Waals surface area contributed by atoms with E-state index in [1.54, 1.807) is 6.92 Å². The van der Waals surface area contributed by atoms with Gasteiger partial charge in [0, 0.05) is 5.75 Å². The Bertz CT molecular complexity index is 95.0. The van der Waals surface area contributed by atoms with E-state index in [1.807, 2.05) is 0 Å². The van der Waals surface area contributed by atoms with Crippen LogP contribution < -0.4 is 5.73 Å². The fourth-order valence-electron chi connectivity index (χ4n) is 0.339. The number of amidine groups is 1. The van der Waals surface area contributed by atoms with E-state index < -0.39 is 0 Å². The van der Waals surface area contributed by atoms with Crippen molar-refractivity contribution in [1.29, 1.82) is 5.41 Å². The average molecular weight is 148 g/mol. The van der Waals surface area contributed by atoms with Crippen LogP contribution in [0.3, 0.4) is 0 Å². The zero-order chi connectivity index (χ0) is 7.28. The third-order valence-corrected chi connectivity index (χ3v) is 1.54. The fourth-order valence-corrected chi connectivity index (χ4v) is 1.02. The quantitative estimate of drug-likeness (QED) is 0.400. The molecule has 0 rings (SSSR count). The molecule has 0 aromatic heterocycles. The van der Waals surface area contributed by atoms with E-state index in [0.717, 1.165) is 5.75 Å². The minimum atomic E-state index is -0.281. The van der Waals surface area contributed by atoms with E-state index >= 15 is 0 Å². The van der Waals surface area contributed by atoms with Crippen LogP contribution >= 0.6 is 11.8 Å². The lowest BCUT2D eigenvalue weighted by Crippen LogP contribution is -2.07. The summed E-state index contributed by atoms with van der Waals surface area (Å²) < 4.78 is 0. The van der Waals surface area contributed by atoms with Crippen molar-refractivity contribution >= 4 is 16.9 Å². The highest BCUT2D eigenvalue weighted by Gasteiger charge is 1.95. The second-order valence-corrected chi connectivity index (χ2v) is 2.99. The van der Waals surface area contributed by atoms with E-state index in [-0.39, 0.29) is 11.3 Å². The van der Waals surface area contributed by atoms with Gasteiger partial charge in [0.25, 0.3) is 0 Å².